The molecule has 1 atom stereocenters. The zero-order valence-electron chi connectivity index (χ0n) is 16.1. The molecule has 1 aromatic heterocycles. The molecule has 154 valence electrons. The second-order valence-electron chi connectivity index (χ2n) is 7.03. The van der Waals surface area contributed by atoms with Crippen LogP contribution in [0, 0.1) is 5.82 Å². The van der Waals surface area contributed by atoms with Crippen LogP contribution in [0.3, 0.4) is 0 Å². The molecule has 2 heterocycles. The average Bonchev–Trinajstić information content (AvgIpc) is 2.66. The summed E-state index contributed by atoms with van der Waals surface area (Å²) in [4.78, 5) is 26.0. The van der Waals surface area contributed by atoms with Crippen molar-refractivity contribution in [2.75, 3.05) is 0 Å². The Hall–Kier alpha value is -2.90. The lowest BCUT2D eigenvalue weighted by Crippen LogP contribution is -2.32. The molecule has 30 heavy (non-hydrogen) atoms. The van der Waals surface area contributed by atoms with E-state index in [1.54, 1.807) is 38.1 Å². The van der Waals surface area contributed by atoms with Crippen LogP contribution in [0.25, 0.3) is 10.1 Å². The number of halogens is 2. The maximum absolute atomic E-state index is 15.0. The van der Waals surface area contributed by atoms with Crippen molar-refractivity contribution in [2.24, 2.45) is 5.73 Å². The number of fused-ring (bicyclic) bond motifs is 3. The van der Waals surface area contributed by atoms with E-state index in [9.17, 15) is 14.0 Å². The van der Waals surface area contributed by atoms with Gasteiger partial charge < -0.3 is 15.2 Å². The van der Waals surface area contributed by atoms with Crippen LogP contribution in [0.5, 0.6) is 5.75 Å². The Labute approximate surface area is 180 Å². The summed E-state index contributed by atoms with van der Waals surface area (Å²) in [6, 6.07) is 11.3. The number of hydrogen-bond acceptors (Lipinski definition) is 6. The molecule has 0 saturated carbocycles. The van der Waals surface area contributed by atoms with E-state index in [4.69, 9.17) is 26.8 Å². The summed E-state index contributed by atoms with van der Waals surface area (Å²) in [5.74, 6) is -2.69. The normalized spacial score (nSPS) is 15.8. The molecular formula is C22H17ClFNO4S. The van der Waals surface area contributed by atoms with E-state index in [0.29, 0.717) is 10.1 Å². The fraction of sp³-hybridized carbons (Fsp3) is 0.182. The molecule has 0 radical (unpaired) electrons. The molecule has 0 unspecified atom stereocenters. The highest BCUT2D eigenvalue weighted by Gasteiger charge is 2.41. The molecule has 1 aliphatic rings. The first-order valence-electron chi connectivity index (χ1n) is 9.17. The number of benzene rings is 2. The summed E-state index contributed by atoms with van der Waals surface area (Å²) in [6.45, 7) is 3.35. The van der Waals surface area contributed by atoms with E-state index in [0.717, 1.165) is 11.3 Å². The molecule has 0 amide bonds. The molecule has 2 aromatic carbocycles. The molecule has 0 spiro atoms. The Balaban J connectivity index is 2.08. The van der Waals surface area contributed by atoms with Crippen LogP contribution < -0.4 is 15.2 Å². The van der Waals surface area contributed by atoms with Crippen LogP contribution in [-0.2, 0) is 9.53 Å². The molecule has 1 aliphatic heterocycles. The molecule has 8 heteroatoms. The van der Waals surface area contributed by atoms with Gasteiger partial charge in [0.05, 0.1) is 17.6 Å². The first-order chi connectivity index (χ1) is 14.3. The zero-order chi connectivity index (χ0) is 21.6. The van der Waals surface area contributed by atoms with Crippen LogP contribution in [0.15, 0.2) is 58.7 Å². The van der Waals surface area contributed by atoms with Crippen LogP contribution in [-0.4, -0.2) is 12.1 Å². The average molecular weight is 446 g/mol. The molecule has 2 N–H and O–H groups in total. The summed E-state index contributed by atoms with van der Waals surface area (Å²) >= 11 is 7.31. The monoisotopic (exact) mass is 445 g/mol. The molecule has 3 aromatic rings. The molecule has 0 aliphatic carbocycles. The quantitative estimate of drug-likeness (QED) is 0.591. The van der Waals surface area contributed by atoms with Gasteiger partial charge in [0.1, 0.15) is 17.1 Å². The molecule has 4 rings (SSSR count). The van der Waals surface area contributed by atoms with Gasteiger partial charge in [-0.1, -0.05) is 41.1 Å². The van der Waals surface area contributed by atoms with E-state index in [2.05, 4.69) is 0 Å². The van der Waals surface area contributed by atoms with Gasteiger partial charge >= 0.3 is 5.97 Å². The van der Waals surface area contributed by atoms with E-state index in [1.807, 2.05) is 0 Å². The highest BCUT2D eigenvalue weighted by Crippen LogP contribution is 2.47. The number of nitrogens with two attached hydrogens (primary N) is 1. The second-order valence-corrected chi connectivity index (χ2v) is 8.45. The zero-order valence-corrected chi connectivity index (χ0v) is 17.6. The topological polar surface area (TPSA) is 78.6 Å². The molecular weight excluding hydrogens is 429 g/mol. The van der Waals surface area contributed by atoms with E-state index >= 15 is 0 Å². The van der Waals surface area contributed by atoms with Crippen LogP contribution >= 0.6 is 22.9 Å². The SMILES string of the molecule is CC(C)OC(=O)C1=C(N)Oc2c(c(=O)sc3ccccc23)[C@H]1c1c(F)cccc1Cl. The fourth-order valence-electron chi connectivity index (χ4n) is 3.52. The van der Waals surface area contributed by atoms with Gasteiger partial charge in [0.25, 0.3) is 0 Å². The van der Waals surface area contributed by atoms with E-state index in [1.165, 1.54) is 18.2 Å². The van der Waals surface area contributed by atoms with Crippen molar-refractivity contribution in [3.63, 3.8) is 0 Å². The minimum Gasteiger partial charge on any atom is -0.459 e. The standard InChI is InChI=1S/C22H17ClFNO4S/c1-10(2)28-21(26)18-16(15-12(23)7-5-8-13(15)24)17-19(29-20(18)25)11-6-3-4-9-14(11)30-22(17)27/h3-10,16H,25H2,1-2H3/t16-/m1/s1. The first kappa shape index (κ1) is 20.4. The maximum atomic E-state index is 15.0. The van der Waals surface area contributed by atoms with Crippen molar-refractivity contribution < 1.29 is 18.7 Å². The van der Waals surface area contributed by atoms with E-state index in [-0.39, 0.29) is 38.1 Å². The Morgan fingerprint density at radius 1 is 1.20 bits per heavy atom. The van der Waals surface area contributed by atoms with Gasteiger partial charge in [-0.2, -0.15) is 0 Å². The van der Waals surface area contributed by atoms with Crippen LogP contribution in [0.2, 0.25) is 5.02 Å². The largest absolute Gasteiger partial charge is 0.459 e. The highest BCUT2D eigenvalue weighted by atomic mass is 35.5. The van der Waals surface area contributed by atoms with Crippen molar-refractivity contribution in [3.8, 4) is 5.75 Å². The van der Waals surface area contributed by atoms with Crippen molar-refractivity contribution in [3.05, 3.63) is 85.4 Å². The minimum absolute atomic E-state index is 0.0260. The summed E-state index contributed by atoms with van der Waals surface area (Å²) < 4.78 is 26.3. The van der Waals surface area contributed by atoms with Crippen molar-refractivity contribution in [1.29, 1.82) is 0 Å². The van der Waals surface area contributed by atoms with Gasteiger partial charge in [0.2, 0.25) is 10.6 Å². The number of carbonyl (C=O) groups excluding carboxylic acids is 1. The first-order valence-corrected chi connectivity index (χ1v) is 10.4. The summed E-state index contributed by atoms with van der Waals surface area (Å²) in [7, 11) is 0. The number of hydrogen-bond donors (Lipinski definition) is 1. The van der Waals surface area contributed by atoms with Gasteiger partial charge in [0, 0.05) is 20.7 Å². The summed E-state index contributed by atoms with van der Waals surface area (Å²) in [5.41, 5.74) is 6.06. The Kier molecular flexibility index (Phi) is 5.26. The lowest BCUT2D eigenvalue weighted by atomic mass is 9.83. The van der Waals surface area contributed by atoms with Crippen molar-refractivity contribution in [1.82, 2.24) is 0 Å². The van der Waals surface area contributed by atoms with Crippen molar-refractivity contribution in [2.45, 2.75) is 25.9 Å². The third-order valence-corrected chi connectivity index (χ3v) is 6.02. The van der Waals surface area contributed by atoms with Gasteiger partial charge in [-0.25, -0.2) is 9.18 Å². The number of ether oxygens (including phenoxy) is 2. The predicted molar refractivity (Wildman–Crippen MR) is 114 cm³/mol. The lowest BCUT2D eigenvalue weighted by Gasteiger charge is -2.29. The molecule has 5 nitrogen and oxygen atoms in total. The third kappa shape index (κ3) is 3.34. The van der Waals surface area contributed by atoms with Crippen molar-refractivity contribution >= 4 is 39.0 Å². The van der Waals surface area contributed by atoms with Gasteiger partial charge in [-0.3, -0.25) is 4.79 Å². The Morgan fingerprint density at radius 3 is 2.63 bits per heavy atom. The number of esters is 1. The second kappa shape index (κ2) is 7.74. The maximum Gasteiger partial charge on any atom is 0.340 e. The number of carbonyl (C=O) groups is 1. The van der Waals surface area contributed by atoms with Gasteiger partial charge in [0.15, 0.2) is 0 Å². The molecule has 0 fully saturated rings. The van der Waals surface area contributed by atoms with Crippen LogP contribution in [0.4, 0.5) is 4.39 Å². The molecule has 0 bridgehead atoms. The Morgan fingerprint density at radius 2 is 1.93 bits per heavy atom. The highest BCUT2D eigenvalue weighted by molar-refractivity contribution is 7.16. The predicted octanol–water partition coefficient (Wildman–Crippen LogP) is 4.70. The lowest BCUT2D eigenvalue weighted by molar-refractivity contribution is -0.143. The fourth-order valence-corrected chi connectivity index (χ4v) is 4.73. The van der Waals surface area contributed by atoms with Gasteiger partial charge in [-0.05, 0) is 38.1 Å². The summed E-state index contributed by atoms with van der Waals surface area (Å²) in [5, 5.41) is 0.696. The van der Waals surface area contributed by atoms with Gasteiger partial charge in [-0.15, -0.1) is 0 Å². The minimum atomic E-state index is -1.16. The van der Waals surface area contributed by atoms with Crippen LogP contribution in [0.1, 0.15) is 30.9 Å². The third-order valence-electron chi connectivity index (χ3n) is 4.70. The molecule has 0 saturated heterocycles. The Bertz CT molecular complexity index is 1250. The number of rotatable bonds is 3. The van der Waals surface area contributed by atoms with E-state index < -0.39 is 23.8 Å². The summed E-state index contributed by atoms with van der Waals surface area (Å²) in [6.07, 6.45) is -0.456. The smallest absolute Gasteiger partial charge is 0.340 e.